The number of nitrogens with one attached hydrogen (secondary N) is 1. The molecule has 2 rings (SSSR count). The van der Waals surface area contributed by atoms with Gasteiger partial charge in [0.2, 0.25) is 0 Å². The van der Waals surface area contributed by atoms with E-state index in [9.17, 15) is 12.8 Å². The van der Waals surface area contributed by atoms with E-state index in [1.54, 1.807) is 18.2 Å². The van der Waals surface area contributed by atoms with E-state index < -0.39 is 20.7 Å². The Morgan fingerprint density at radius 2 is 1.90 bits per heavy atom. The fourth-order valence-corrected chi connectivity index (χ4v) is 3.93. The zero-order valence-corrected chi connectivity index (χ0v) is 13.0. The number of benzene rings is 2. The predicted molar refractivity (Wildman–Crippen MR) is 84.5 cm³/mol. The molecule has 0 spiro atoms. The van der Waals surface area contributed by atoms with E-state index in [1.807, 2.05) is 13.0 Å². The van der Waals surface area contributed by atoms with Crippen molar-refractivity contribution >= 4 is 33.2 Å². The van der Waals surface area contributed by atoms with Crippen LogP contribution in [0, 0.1) is 5.82 Å². The molecule has 4 nitrogen and oxygen atoms in total. The van der Waals surface area contributed by atoms with E-state index in [2.05, 4.69) is 4.72 Å². The lowest BCUT2D eigenvalue weighted by atomic mass is 10.3. The normalized spacial score (nSPS) is 11.3. The molecule has 2 aromatic carbocycles. The van der Waals surface area contributed by atoms with Gasteiger partial charge in [-0.3, -0.25) is 4.72 Å². The third-order valence-corrected chi connectivity index (χ3v) is 5.11. The smallest absolute Gasteiger partial charge is 0.266 e. The number of sulfonamides is 1. The van der Waals surface area contributed by atoms with Gasteiger partial charge in [0.1, 0.15) is 10.7 Å². The van der Waals surface area contributed by atoms with Crippen molar-refractivity contribution in [2.45, 2.75) is 16.7 Å². The van der Waals surface area contributed by atoms with Crippen LogP contribution in [0.1, 0.15) is 6.92 Å². The number of anilines is 2. The third-order valence-electron chi connectivity index (χ3n) is 2.70. The van der Waals surface area contributed by atoms with E-state index in [0.29, 0.717) is 5.69 Å². The van der Waals surface area contributed by atoms with Gasteiger partial charge in [-0.15, -0.1) is 11.8 Å². The van der Waals surface area contributed by atoms with Crippen LogP contribution in [-0.4, -0.2) is 14.2 Å². The minimum absolute atomic E-state index is 0.122. The van der Waals surface area contributed by atoms with Gasteiger partial charge < -0.3 is 5.73 Å². The fourth-order valence-electron chi connectivity index (χ4n) is 1.84. The van der Waals surface area contributed by atoms with E-state index in [1.165, 1.54) is 23.9 Å². The molecule has 3 N–H and O–H groups in total. The van der Waals surface area contributed by atoms with Gasteiger partial charge in [0.05, 0.1) is 11.4 Å². The summed E-state index contributed by atoms with van der Waals surface area (Å²) < 4.78 is 40.9. The Kier molecular flexibility index (Phi) is 4.74. The average molecular weight is 326 g/mol. The van der Waals surface area contributed by atoms with Crippen molar-refractivity contribution in [1.82, 2.24) is 0 Å². The Morgan fingerprint density at radius 1 is 1.19 bits per heavy atom. The van der Waals surface area contributed by atoms with E-state index in [-0.39, 0.29) is 5.69 Å². The zero-order chi connectivity index (χ0) is 15.5. The van der Waals surface area contributed by atoms with Gasteiger partial charge in [0.15, 0.2) is 0 Å². The number of nitrogen functional groups attached to an aromatic ring is 1. The molecule has 0 heterocycles. The molecule has 7 heteroatoms. The summed E-state index contributed by atoms with van der Waals surface area (Å²) in [7, 11) is -4.08. The Bertz CT molecular complexity index is 728. The SMILES string of the molecule is CCSc1ccccc1NS(=O)(=O)c1c(N)cccc1F. The summed E-state index contributed by atoms with van der Waals surface area (Å²) in [5.74, 6) is -0.0799. The summed E-state index contributed by atoms with van der Waals surface area (Å²) in [4.78, 5) is 0.250. The number of thioether (sulfide) groups is 1. The first-order valence-corrected chi connectivity index (χ1v) is 8.71. The Labute approximate surface area is 127 Å². The second-order valence-corrected chi connectivity index (χ2v) is 7.12. The van der Waals surface area contributed by atoms with Gasteiger partial charge in [-0.25, -0.2) is 12.8 Å². The molecule has 0 atom stereocenters. The lowest BCUT2D eigenvalue weighted by Crippen LogP contribution is -2.17. The Morgan fingerprint density at radius 3 is 2.57 bits per heavy atom. The van der Waals surface area contributed by atoms with Crippen molar-refractivity contribution < 1.29 is 12.8 Å². The van der Waals surface area contributed by atoms with Gasteiger partial charge in [-0.05, 0) is 30.0 Å². The minimum atomic E-state index is -4.08. The van der Waals surface area contributed by atoms with Crippen molar-refractivity contribution in [2.75, 3.05) is 16.2 Å². The molecule has 2 aromatic rings. The van der Waals surface area contributed by atoms with E-state index >= 15 is 0 Å². The average Bonchev–Trinajstić information content (AvgIpc) is 2.40. The van der Waals surface area contributed by atoms with Gasteiger partial charge in [0, 0.05) is 4.90 Å². The van der Waals surface area contributed by atoms with Gasteiger partial charge in [-0.2, -0.15) is 0 Å². The summed E-state index contributed by atoms with van der Waals surface area (Å²) in [5.41, 5.74) is 5.88. The van der Waals surface area contributed by atoms with Crippen molar-refractivity contribution in [3.8, 4) is 0 Å². The van der Waals surface area contributed by atoms with Crippen LogP contribution in [0.25, 0.3) is 0 Å². The molecule has 0 amide bonds. The van der Waals surface area contributed by atoms with Gasteiger partial charge in [-0.1, -0.05) is 25.1 Å². The molecule has 0 saturated carbocycles. The molecule has 0 aliphatic heterocycles. The second kappa shape index (κ2) is 6.36. The molecule has 0 aliphatic carbocycles. The summed E-state index contributed by atoms with van der Waals surface area (Å²) >= 11 is 1.49. The molecule has 112 valence electrons. The zero-order valence-electron chi connectivity index (χ0n) is 11.3. The molecule has 21 heavy (non-hydrogen) atoms. The lowest BCUT2D eigenvalue weighted by Gasteiger charge is -2.13. The molecular formula is C14H15FN2O2S2. The predicted octanol–water partition coefficient (Wildman–Crippen LogP) is 3.32. The maximum atomic E-state index is 13.8. The maximum Gasteiger partial charge on any atom is 0.266 e. The first kappa shape index (κ1) is 15.7. The van der Waals surface area contributed by atoms with Gasteiger partial charge >= 0.3 is 0 Å². The summed E-state index contributed by atoms with van der Waals surface area (Å²) in [6.07, 6.45) is 0. The molecule has 0 fully saturated rings. The van der Waals surface area contributed by atoms with Crippen LogP contribution in [0.2, 0.25) is 0 Å². The van der Waals surface area contributed by atoms with Crippen molar-refractivity contribution in [3.63, 3.8) is 0 Å². The highest BCUT2D eigenvalue weighted by Gasteiger charge is 2.23. The highest BCUT2D eigenvalue weighted by Crippen LogP contribution is 2.30. The lowest BCUT2D eigenvalue weighted by molar-refractivity contribution is 0.571. The summed E-state index contributed by atoms with van der Waals surface area (Å²) in [6, 6.07) is 10.7. The quantitative estimate of drug-likeness (QED) is 0.653. The molecule has 0 aliphatic rings. The standard InChI is InChI=1S/C14H15FN2O2S2/c1-2-20-13-9-4-3-8-12(13)17-21(18,19)14-10(15)6-5-7-11(14)16/h3-9,17H,2,16H2,1H3. The van der Waals surface area contributed by atoms with Crippen LogP contribution in [-0.2, 0) is 10.0 Å². The fraction of sp³-hybridized carbons (Fsp3) is 0.143. The summed E-state index contributed by atoms with van der Waals surface area (Å²) in [6.45, 7) is 1.96. The molecule has 0 aromatic heterocycles. The minimum Gasteiger partial charge on any atom is -0.398 e. The van der Waals surface area contributed by atoms with Crippen molar-refractivity contribution in [2.24, 2.45) is 0 Å². The number of hydrogen-bond acceptors (Lipinski definition) is 4. The number of halogens is 1. The number of nitrogens with two attached hydrogens (primary N) is 1. The summed E-state index contributed by atoms with van der Waals surface area (Å²) in [5, 5.41) is 0. The van der Waals surface area contributed by atoms with Crippen molar-refractivity contribution in [3.05, 3.63) is 48.3 Å². The molecule has 0 radical (unpaired) electrons. The largest absolute Gasteiger partial charge is 0.398 e. The maximum absolute atomic E-state index is 13.8. The topological polar surface area (TPSA) is 72.2 Å². The molecular weight excluding hydrogens is 311 g/mol. The van der Waals surface area contributed by atoms with Crippen LogP contribution in [0.15, 0.2) is 52.3 Å². The van der Waals surface area contributed by atoms with Crippen LogP contribution in [0.5, 0.6) is 0 Å². The van der Waals surface area contributed by atoms with Crippen LogP contribution in [0.3, 0.4) is 0 Å². The number of para-hydroxylation sites is 1. The van der Waals surface area contributed by atoms with Crippen LogP contribution < -0.4 is 10.5 Å². The van der Waals surface area contributed by atoms with E-state index in [4.69, 9.17) is 5.73 Å². The third kappa shape index (κ3) is 3.48. The first-order chi connectivity index (χ1) is 9.95. The number of hydrogen-bond donors (Lipinski definition) is 2. The molecule has 0 bridgehead atoms. The van der Waals surface area contributed by atoms with Crippen LogP contribution >= 0.6 is 11.8 Å². The monoisotopic (exact) mass is 326 g/mol. The molecule has 0 unspecified atom stereocenters. The van der Waals surface area contributed by atoms with E-state index in [0.717, 1.165) is 16.7 Å². The highest BCUT2D eigenvalue weighted by atomic mass is 32.2. The second-order valence-electron chi connectivity index (χ2n) is 4.19. The first-order valence-electron chi connectivity index (χ1n) is 6.24. The Hall–Kier alpha value is -1.73. The Balaban J connectivity index is 2.43. The van der Waals surface area contributed by atoms with Crippen molar-refractivity contribution in [1.29, 1.82) is 0 Å². The molecule has 0 saturated heterocycles. The van der Waals surface area contributed by atoms with Gasteiger partial charge in [0.25, 0.3) is 10.0 Å². The van der Waals surface area contributed by atoms with Crippen LogP contribution in [0.4, 0.5) is 15.8 Å². The number of rotatable bonds is 5. The highest BCUT2D eigenvalue weighted by molar-refractivity contribution is 7.99.